The molecule has 0 saturated carbocycles. The summed E-state index contributed by atoms with van der Waals surface area (Å²) in [5.74, 6) is 0.901. The maximum Gasteiger partial charge on any atom is 0.273 e. The number of fused-ring (bicyclic) bond motifs is 1. The lowest BCUT2D eigenvalue weighted by molar-refractivity contribution is 0.765. The van der Waals surface area contributed by atoms with Crippen molar-refractivity contribution >= 4 is 11.0 Å². The van der Waals surface area contributed by atoms with Crippen molar-refractivity contribution in [3.8, 4) is 0 Å². The van der Waals surface area contributed by atoms with Crippen LogP contribution < -0.4 is 5.56 Å². The van der Waals surface area contributed by atoms with Crippen LogP contribution in [0, 0.1) is 0 Å². The molecule has 0 aliphatic heterocycles. The van der Waals surface area contributed by atoms with E-state index in [0.717, 1.165) is 30.6 Å². The number of nitrogens with zero attached hydrogens (tertiary/aromatic N) is 1. The van der Waals surface area contributed by atoms with Gasteiger partial charge in [0.05, 0.1) is 5.52 Å². The Balaban J connectivity index is 2.41. The van der Waals surface area contributed by atoms with Gasteiger partial charge in [0.25, 0.3) is 5.56 Å². The number of pyridine rings is 1. The molecule has 0 saturated heterocycles. The number of aromatic amines is 2. The molecule has 2 rings (SSSR count). The topological polar surface area (TPSA) is 61.5 Å². The van der Waals surface area contributed by atoms with Crippen molar-refractivity contribution in [2.45, 2.75) is 26.2 Å². The van der Waals surface area contributed by atoms with Crippen molar-refractivity contribution in [2.75, 3.05) is 0 Å². The first-order valence-corrected chi connectivity index (χ1v) is 4.87. The van der Waals surface area contributed by atoms with Crippen molar-refractivity contribution < 1.29 is 0 Å². The van der Waals surface area contributed by atoms with E-state index in [1.165, 1.54) is 0 Å². The largest absolute Gasteiger partial charge is 0.337 e. The van der Waals surface area contributed by atoms with E-state index >= 15 is 0 Å². The van der Waals surface area contributed by atoms with Gasteiger partial charge < -0.3 is 9.97 Å². The van der Waals surface area contributed by atoms with Gasteiger partial charge in [-0.1, -0.05) is 13.3 Å². The number of imidazole rings is 1. The minimum Gasteiger partial charge on any atom is -0.337 e. The summed E-state index contributed by atoms with van der Waals surface area (Å²) >= 11 is 0. The van der Waals surface area contributed by atoms with Crippen LogP contribution >= 0.6 is 0 Å². The van der Waals surface area contributed by atoms with E-state index in [0.29, 0.717) is 5.52 Å². The van der Waals surface area contributed by atoms with Crippen LogP contribution in [0.4, 0.5) is 0 Å². The van der Waals surface area contributed by atoms with Crippen LogP contribution in [-0.2, 0) is 6.42 Å². The highest BCUT2D eigenvalue weighted by Crippen LogP contribution is 2.07. The van der Waals surface area contributed by atoms with Crippen LogP contribution in [0.5, 0.6) is 0 Å². The highest BCUT2D eigenvalue weighted by Gasteiger charge is 2.04. The predicted octanol–water partition coefficient (Wildman–Crippen LogP) is 1.59. The first kappa shape index (κ1) is 8.99. The molecule has 0 spiro atoms. The third kappa shape index (κ3) is 1.55. The van der Waals surface area contributed by atoms with E-state index in [-0.39, 0.29) is 5.56 Å². The Bertz CT molecular complexity index is 483. The molecule has 0 fully saturated rings. The van der Waals surface area contributed by atoms with Crippen molar-refractivity contribution in [2.24, 2.45) is 0 Å². The number of unbranched alkanes of at least 4 members (excludes halogenated alkanes) is 1. The van der Waals surface area contributed by atoms with Gasteiger partial charge in [0.1, 0.15) is 11.3 Å². The second-order valence-corrected chi connectivity index (χ2v) is 3.35. The van der Waals surface area contributed by atoms with Gasteiger partial charge in [-0.15, -0.1) is 0 Å². The molecule has 0 atom stereocenters. The van der Waals surface area contributed by atoms with Crippen molar-refractivity contribution in [1.82, 2.24) is 15.0 Å². The van der Waals surface area contributed by atoms with Crippen LogP contribution in [-0.4, -0.2) is 15.0 Å². The van der Waals surface area contributed by atoms with Crippen LogP contribution in [0.15, 0.2) is 17.1 Å². The number of aryl methyl sites for hydroxylation is 1. The molecule has 2 N–H and O–H groups in total. The fraction of sp³-hybridized carbons (Fsp3) is 0.400. The normalized spacial score (nSPS) is 10.9. The first-order valence-electron chi connectivity index (χ1n) is 4.87. The fourth-order valence-corrected chi connectivity index (χ4v) is 1.46. The molecule has 0 aliphatic carbocycles. The molecular formula is C10H13N3O. The van der Waals surface area contributed by atoms with Crippen LogP contribution in [0.3, 0.4) is 0 Å². The maximum atomic E-state index is 11.3. The van der Waals surface area contributed by atoms with Gasteiger partial charge in [0.2, 0.25) is 0 Å². The summed E-state index contributed by atoms with van der Waals surface area (Å²) in [7, 11) is 0. The Kier molecular flexibility index (Phi) is 2.35. The first-order chi connectivity index (χ1) is 6.81. The summed E-state index contributed by atoms with van der Waals surface area (Å²) in [6.45, 7) is 2.13. The van der Waals surface area contributed by atoms with Crippen LogP contribution in [0.1, 0.15) is 25.6 Å². The standard InChI is InChI=1S/C10H13N3O/c1-2-3-4-8-12-7-5-6-11-10(14)9(7)13-8/h5-6H,2-4H2,1H3,(H,11,14)(H,12,13). The quantitative estimate of drug-likeness (QED) is 0.774. The minimum atomic E-state index is -0.0993. The minimum absolute atomic E-state index is 0.0993. The van der Waals surface area contributed by atoms with Crippen LogP contribution in [0.2, 0.25) is 0 Å². The zero-order valence-electron chi connectivity index (χ0n) is 8.13. The Morgan fingerprint density at radius 1 is 1.50 bits per heavy atom. The van der Waals surface area contributed by atoms with Gasteiger partial charge in [-0.2, -0.15) is 0 Å². The van der Waals surface area contributed by atoms with Gasteiger partial charge in [-0.3, -0.25) is 4.79 Å². The zero-order chi connectivity index (χ0) is 9.97. The monoisotopic (exact) mass is 191 g/mol. The third-order valence-corrected chi connectivity index (χ3v) is 2.23. The second-order valence-electron chi connectivity index (χ2n) is 3.35. The summed E-state index contributed by atoms with van der Waals surface area (Å²) < 4.78 is 0. The lowest BCUT2D eigenvalue weighted by atomic mass is 10.2. The molecule has 0 unspecified atom stereocenters. The Hall–Kier alpha value is -1.58. The highest BCUT2D eigenvalue weighted by molar-refractivity contribution is 5.73. The number of rotatable bonds is 3. The number of hydrogen-bond donors (Lipinski definition) is 2. The Morgan fingerprint density at radius 2 is 2.36 bits per heavy atom. The molecule has 2 aromatic heterocycles. The summed E-state index contributed by atoms with van der Waals surface area (Å²) in [5, 5.41) is 0. The summed E-state index contributed by atoms with van der Waals surface area (Å²) in [4.78, 5) is 21.3. The molecular weight excluding hydrogens is 178 g/mol. The fourth-order valence-electron chi connectivity index (χ4n) is 1.46. The van der Waals surface area contributed by atoms with Crippen molar-refractivity contribution in [1.29, 1.82) is 0 Å². The molecule has 4 nitrogen and oxygen atoms in total. The predicted molar refractivity (Wildman–Crippen MR) is 55.3 cm³/mol. The molecule has 4 heteroatoms. The van der Waals surface area contributed by atoms with E-state index in [4.69, 9.17) is 0 Å². The third-order valence-electron chi connectivity index (χ3n) is 2.23. The lowest BCUT2D eigenvalue weighted by Crippen LogP contribution is -2.04. The Labute approximate surface area is 81.4 Å². The maximum absolute atomic E-state index is 11.3. The van der Waals surface area contributed by atoms with Gasteiger partial charge in [0.15, 0.2) is 0 Å². The lowest BCUT2D eigenvalue weighted by Gasteiger charge is -1.90. The van der Waals surface area contributed by atoms with Gasteiger partial charge in [0, 0.05) is 12.6 Å². The van der Waals surface area contributed by atoms with E-state index in [1.54, 1.807) is 6.20 Å². The molecule has 0 radical (unpaired) electrons. The summed E-state index contributed by atoms with van der Waals surface area (Å²) in [6.07, 6.45) is 4.75. The van der Waals surface area contributed by atoms with E-state index in [2.05, 4.69) is 21.9 Å². The number of hydrogen-bond acceptors (Lipinski definition) is 2. The second kappa shape index (κ2) is 3.65. The van der Waals surface area contributed by atoms with Gasteiger partial charge in [-0.25, -0.2) is 4.98 Å². The molecule has 74 valence electrons. The van der Waals surface area contributed by atoms with Crippen molar-refractivity contribution in [3.63, 3.8) is 0 Å². The smallest absolute Gasteiger partial charge is 0.273 e. The summed E-state index contributed by atoms with van der Waals surface area (Å²) in [5.41, 5.74) is 1.23. The molecule has 0 aliphatic rings. The number of nitrogens with one attached hydrogen (secondary N) is 2. The van der Waals surface area contributed by atoms with E-state index in [9.17, 15) is 4.79 Å². The molecule has 0 aromatic carbocycles. The highest BCUT2D eigenvalue weighted by atomic mass is 16.1. The number of H-pyrrole nitrogens is 2. The van der Waals surface area contributed by atoms with E-state index in [1.807, 2.05) is 6.07 Å². The molecule has 2 aromatic rings. The van der Waals surface area contributed by atoms with Gasteiger partial charge in [-0.05, 0) is 12.5 Å². The summed E-state index contributed by atoms with van der Waals surface area (Å²) in [6, 6.07) is 1.81. The molecule has 14 heavy (non-hydrogen) atoms. The van der Waals surface area contributed by atoms with Crippen LogP contribution in [0.25, 0.3) is 11.0 Å². The van der Waals surface area contributed by atoms with Crippen molar-refractivity contribution in [3.05, 3.63) is 28.4 Å². The molecule has 0 bridgehead atoms. The average molecular weight is 191 g/mol. The molecule has 0 amide bonds. The molecule has 2 heterocycles. The SMILES string of the molecule is CCCCc1nc2cc[nH]c(=O)c2[nH]1. The van der Waals surface area contributed by atoms with Gasteiger partial charge >= 0.3 is 0 Å². The number of aromatic nitrogens is 3. The Morgan fingerprint density at radius 3 is 3.07 bits per heavy atom. The average Bonchev–Trinajstić information content (AvgIpc) is 2.59. The van der Waals surface area contributed by atoms with E-state index < -0.39 is 0 Å². The zero-order valence-corrected chi connectivity index (χ0v) is 8.13.